The minimum absolute atomic E-state index is 0.300. The lowest BCUT2D eigenvalue weighted by molar-refractivity contribution is -0.145. The number of hydrazine groups is 1. The molecule has 5 N–H and O–H groups in total. The second-order valence-corrected chi connectivity index (χ2v) is 5.18. The highest BCUT2D eigenvalue weighted by Gasteiger charge is 2.20. The lowest BCUT2D eigenvalue weighted by atomic mass is 10.2. The SMILES string of the molecule is O=C(O)CC(NNc1ccc(S(=O)(=O)O)cc1)C(=O)O. The minimum atomic E-state index is -4.30. The van der Waals surface area contributed by atoms with Gasteiger partial charge in [0, 0.05) is 5.69 Å². The summed E-state index contributed by atoms with van der Waals surface area (Å²) in [6, 6.07) is 3.40. The molecule has 0 radical (unpaired) electrons. The molecule has 0 aliphatic carbocycles. The van der Waals surface area contributed by atoms with Crippen molar-refractivity contribution in [1.82, 2.24) is 5.43 Å². The number of carboxylic acid groups (broad SMARTS) is 2. The zero-order valence-corrected chi connectivity index (χ0v) is 10.8. The fourth-order valence-corrected chi connectivity index (χ4v) is 1.74. The van der Waals surface area contributed by atoms with Gasteiger partial charge in [-0.2, -0.15) is 8.42 Å². The van der Waals surface area contributed by atoms with Crippen molar-refractivity contribution >= 4 is 27.7 Å². The molecular formula is C10H12N2O7S. The summed E-state index contributed by atoms with van der Waals surface area (Å²) in [5.74, 6) is -2.64. The van der Waals surface area contributed by atoms with Crippen molar-refractivity contribution in [3.63, 3.8) is 0 Å². The normalized spacial score (nSPS) is 12.7. The molecule has 0 fully saturated rings. The number of aliphatic carboxylic acids is 2. The fourth-order valence-electron chi connectivity index (χ4n) is 1.26. The number of rotatable bonds is 7. The van der Waals surface area contributed by atoms with Gasteiger partial charge in [0.15, 0.2) is 0 Å². The second-order valence-electron chi connectivity index (χ2n) is 3.76. The van der Waals surface area contributed by atoms with Crippen LogP contribution in [0, 0.1) is 0 Å². The third-order valence-corrected chi connectivity index (χ3v) is 3.09. The Balaban J connectivity index is 2.69. The summed E-state index contributed by atoms with van der Waals surface area (Å²) in [5.41, 5.74) is 5.02. The Morgan fingerprint density at radius 3 is 2.10 bits per heavy atom. The molecule has 110 valence electrons. The van der Waals surface area contributed by atoms with Gasteiger partial charge in [0.1, 0.15) is 6.04 Å². The molecule has 0 aliphatic rings. The Bertz CT molecular complexity index is 597. The molecule has 0 spiro atoms. The molecule has 1 unspecified atom stereocenters. The average Bonchev–Trinajstić information content (AvgIpc) is 2.33. The molecule has 0 aromatic heterocycles. The van der Waals surface area contributed by atoms with Gasteiger partial charge in [0.05, 0.1) is 11.3 Å². The Hall–Kier alpha value is -2.17. The van der Waals surface area contributed by atoms with Crippen LogP contribution in [0.4, 0.5) is 5.69 Å². The molecule has 0 bridgehead atoms. The third-order valence-electron chi connectivity index (χ3n) is 2.22. The van der Waals surface area contributed by atoms with E-state index in [1.54, 1.807) is 0 Å². The van der Waals surface area contributed by atoms with E-state index in [0.29, 0.717) is 5.69 Å². The molecule has 1 rings (SSSR count). The maximum atomic E-state index is 10.8. The minimum Gasteiger partial charge on any atom is -0.481 e. The van der Waals surface area contributed by atoms with E-state index in [-0.39, 0.29) is 4.90 Å². The van der Waals surface area contributed by atoms with Crippen LogP contribution in [0.3, 0.4) is 0 Å². The summed E-state index contributed by atoms with van der Waals surface area (Å²) in [7, 11) is -4.30. The quantitative estimate of drug-likeness (QED) is 0.339. The van der Waals surface area contributed by atoms with Crippen LogP contribution in [0.2, 0.25) is 0 Å². The predicted octanol–water partition coefficient (Wildman–Crippen LogP) is -0.222. The molecule has 0 saturated heterocycles. The van der Waals surface area contributed by atoms with E-state index in [0.717, 1.165) is 12.1 Å². The molecule has 1 atom stereocenters. The molecule has 20 heavy (non-hydrogen) atoms. The van der Waals surface area contributed by atoms with Gasteiger partial charge in [-0.05, 0) is 24.3 Å². The first kappa shape index (κ1) is 15.9. The summed E-state index contributed by atoms with van der Waals surface area (Å²) in [6.07, 6.45) is -0.633. The van der Waals surface area contributed by atoms with Crippen molar-refractivity contribution < 1.29 is 32.8 Å². The summed E-state index contributed by atoms with van der Waals surface area (Å²) in [4.78, 5) is 20.9. The molecule has 1 aromatic carbocycles. The van der Waals surface area contributed by atoms with Gasteiger partial charge < -0.3 is 15.6 Å². The second kappa shape index (κ2) is 6.32. The van der Waals surface area contributed by atoms with Crippen molar-refractivity contribution in [3.05, 3.63) is 24.3 Å². The van der Waals surface area contributed by atoms with Crippen molar-refractivity contribution in [2.45, 2.75) is 17.4 Å². The molecular weight excluding hydrogens is 292 g/mol. The molecule has 1 aromatic rings. The van der Waals surface area contributed by atoms with E-state index in [4.69, 9.17) is 14.8 Å². The van der Waals surface area contributed by atoms with Gasteiger partial charge in [-0.3, -0.25) is 14.1 Å². The largest absolute Gasteiger partial charge is 0.481 e. The van der Waals surface area contributed by atoms with Gasteiger partial charge in [-0.25, -0.2) is 5.43 Å². The topological polar surface area (TPSA) is 153 Å². The van der Waals surface area contributed by atoms with Gasteiger partial charge in [-0.15, -0.1) is 0 Å². The average molecular weight is 304 g/mol. The first-order valence-electron chi connectivity index (χ1n) is 5.24. The first-order chi connectivity index (χ1) is 9.20. The third kappa shape index (κ3) is 4.84. The maximum Gasteiger partial charge on any atom is 0.323 e. The number of carboxylic acids is 2. The van der Waals surface area contributed by atoms with E-state index in [2.05, 4.69) is 10.9 Å². The Morgan fingerprint density at radius 1 is 1.15 bits per heavy atom. The molecule has 10 heteroatoms. The highest BCUT2D eigenvalue weighted by atomic mass is 32.2. The summed E-state index contributed by atoms with van der Waals surface area (Å²) in [6.45, 7) is 0. The molecule has 0 heterocycles. The van der Waals surface area contributed by atoms with E-state index in [1.807, 2.05) is 0 Å². The van der Waals surface area contributed by atoms with Crippen molar-refractivity contribution in [3.8, 4) is 0 Å². The van der Waals surface area contributed by atoms with Crippen LogP contribution in [0.15, 0.2) is 29.2 Å². The number of hydrogen-bond donors (Lipinski definition) is 5. The van der Waals surface area contributed by atoms with E-state index in [1.165, 1.54) is 12.1 Å². The maximum absolute atomic E-state index is 10.8. The van der Waals surface area contributed by atoms with Crippen molar-refractivity contribution in [1.29, 1.82) is 0 Å². The smallest absolute Gasteiger partial charge is 0.323 e. The van der Waals surface area contributed by atoms with Crippen LogP contribution in [0.1, 0.15) is 6.42 Å². The van der Waals surface area contributed by atoms with Crippen LogP contribution in [0.25, 0.3) is 0 Å². The number of anilines is 1. The van der Waals surface area contributed by atoms with Gasteiger partial charge in [0.2, 0.25) is 0 Å². The van der Waals surface area contributed by atoms with Crippen LogP contribution in [-0.2, 0) is 19.7 Å². The molecule has 0 aliphatic heterocycles. The number of carbonyl (C=O) groups is 2. The standard InChI is InChI=1S/C10H12N2O7S/c13-9(14)5-8(10(15)16)12-11-6-1-3-7(4-2-6)20(17,18)19/h1-4,8,11-12H,5H2,(H,13,14)(H,15,16)(H,17,18,19). The highest BCUT2D eigenvalue weighted by molar-refractivity contribution is 7.85. The van der Waals surface area contributed by atoms with Crippen LogP contribution in [0.5, 0.6) is 0 Å². The predicted molar refractivity (Wildman–Crippen MR) is 66.7 cm³/mol. The zero-order chi connectivity index (χ0) is 15.3. The van der Waals surface area contributed by atoms with Crippen LogP contribution in [-0.4, -0.2) is 41.2 Å². The van der Waals surface area contributed by atoms with Crippen LogP contribution >= 0.6 is 0 Å². The number of hydrogen-bond acceptors (Lipinski definition) is 6. The zero-order valence-electron chi connectivity index (χ0n) is 9.98. The van der Waals surface area contributed by atoms with Crippen molar-refractivity contribution in [2.75, 3.05) is 5.43 Å². The van der Waals surface area contributed by atoms with E-state index in [9.17, 15) is 18.0 Å². The van der Waals surface area contributed by atoms with E-state index < -0.39 is 34.5 Å². The highest BCUT2D eigenvalue weighted by Crippen LogP contribution is 2.13. The number of benzene rings is 1. The summed E-state index contributed by atoms with van der Waals surface area (Å²) in [5, 5.41) is 17.3. The van der Waals surface area contributed by atoms with Gasteiger partial charge in [0.25, 0.3) is 10.1 Å². The van der Waals surface area contributed by atoms with Crippen molar-refractivity contribution in [2.24, 2.45) is 0 Å². The Morgan fingerprint density at radius 2 is 1.70 bits per heavy atom. The molecule has 0 amide bonds. The van der Waals surface area contributed by atoms with Crippen LogP contribution < -0.4 is 10.9 Å². The van der Waals surface area contributed by atoms with Gasteiger partial charge in [-0.1, -0.05) is 0 Å². The lowest BCUT2D eigenvalue weighted by Gasteiger charge is -2.14. The Labute approximate surface area is 114 Å². The summed E-state index contributed by atoms with van der Waals surface area (Å²) >= 11 is 0. The van der Waals surface area contributed by atoms with Gasteiger partial charge >= 0.3 is 11.9 Å². The van der Waals surface area contributed by atoms with E-state index >= 15 is 0 Å². The Kier molecular flexibility index (Phi) is 5.02. The lowest BCUT2D eigenvalue weighted by Crippen LogP contribution is -2.41. The first-order valence-corrected chi connectivity index (χ1v) is 6.68. The number of nitrogens with one attached hydrogen (secondary N) is 2. The molecule has 0 saturated carbocycles. The fraction of sp³-hybridized carbons (Fsp3) is 0.200. The summed E-state index contributed by atoms with van der Waals surface area (Å²) < 4.78 is 30.4. The molecule has 9 nitrogen and oxygen atoms in total. The monoisotopic (exact) mass is 304 g/mol.